The summed E-state index contributed by atoms with van der Waals surface area (Å²) in [7, 11) is 1.60. The minimum atomic E-state index is -0.656. The molecular formula is C18H23N3O3. The van der Waals surface area contributed by atoms with Gasteiger partial charge >= 0.3 is 11.8 Å². The molecule has 0 saturated heterocycles. The Morgan fingerprint density at radius 3 is 2.83 bits per heavy atom. The van der Waals surface area contributed by atoms with Gasteiger partial charge in [0.05, 0.1) is 6.10 Å². The van der Waals surface area contributed by atoms with E-state index in [1.807, 2.05) is 25.1 Å². The molecule has 2 amide bonds. The molecule has 6 nitrogen and oxygen atoms in total. The van der Waals surface area contributed by atoms with Crippen LogP contribution in [0.5, 0.6) is 0 Å². The standard InChI is InChI=1S/C18H23N3O3/c1-11-8-13-9-14(6-7-15(13)19-11)20-17(23)18(24)21(2)10-12-4-3-5-16(12)22/h6-9,12,16,19,22H,3-5,10H2,1-2H3,(H,20,23). The van der Waals surface area contributed by atoms with E-state index in [1.165, 1.54) is 4.90 Å². The number of aliphatic hydroxyl groups is 1. The maximum absolute atomic E-state index is 12.2. The first kappa shape index (κ1) is 16.5. The maximum atomic E-state index is 12.2. The van der Waals surface area contributed by atoms with E-state index in [-0.39, 0.29) is 12.0 Å². The van der Waals surface area contributed by atoms with E-state index in [0.717, 1.165) is 35.9 Å². The van der Waals surface area contributed by atoms with Gasteiger partial charge in [0, 0.05) is 41.8 Å². The summed E-state index contributed by atoms with van der Waals surface area (Å²) in [6, 6.07) is 7.47. The van der Waals surface area contributed by atoms with Gasteiger partial charge in [0.2, 0.25) is 0 Å². The van der Waals surface area contributed by atoms with Crippen molar-refractivity contribution >= 4 is 28.4 Å². The summed E-state index contributed by atoms with van der Waals surface area (Å²) in [5.74, 6) is -1.18. The number of likely N-dealkylation sites (N-methyl/N-ethyl adjacent to an activating group) is 1. The number of H-pyrrole nitrogens is 1. The highest BCUT2D eigenvalue weighted by Gasteiger charge is 2.29. The lowest BCUT2D eigenvalue weighted by Gasteiger charge is -2.22. The molecule has 128 valence electrons. The molecule has 1 aliphatic carbocycles. The van der Waals surface area contributed by atoms with Crippen molar-refractivity contribution in [1.82, 2.24) is 9.88 Å². The molecule has 1 heterocycles. The summed E-state index contributed by atoms with van der Waals surface area (Å²) in [4.78, 5) is 29.0. The number of nitrogens with zero attached hydrogens (tertiary/aromatic N) is 1. The molecule has 3 N–H and O–H groups in total. The first-order valence-corrected chi connectivity index (χ1v) is 8.28. The average molecular weight is 329 g/mol. The molecule has 1 fully saturated rings. The zero-order chi connectivity index (χ0) is 17.3. The van der Waals surface area contributed by atoms with Gasteiger partial charge in [-0.3, -0.25) is 9.59 Å². The number of anilines is 1. The molecule has 0 aliphatic heterocycles. The lowest BCUT2D eigenvalue weighted by Crippen LogP contribution is -2.40. The normalized spacial score (nSPS) is 20.3. The summed E-state index contributed by atoms with van der Waals surface area (Å²) in [5, 5.41) is 13.5. The Kier molecular flexibility index (Phi) is 4.57. The van der Waals surface area contributed by atoms with E-state index in [0.29, 0.717) is 12.2 Å². The Morgan fingerprint density at radius 1 is 1.33 bits per heavy atom. The van der Waals surface area contributed by atoms with Crippen molar-refractivity contribution in [2.45, 2.75) is 32.3 Å². The summed E-state index contributed by atoms with van der Waals surface area (Å²) < 4.78 is 0. The Bertz CT molecular complexity index is 768. The molecule has 1 aromatic carbocycles. The van der Waals surface area contributed by atoms with Crippen molar-refractivity contribution in [1.29, 1.82) is 0 Å². The number of aromatic amines is 1. The molecule has 1 aromatic heterocycles. The van der Waals surface area contributed by atoms with Crippen LogP contribution >= 0.6 is 0 Å². The Morgan fingerprint density at radius 2 is 2.12 bits per heavy atom. The molecule has 24 heavy (non-hydrogen) atoms. The average Bonchev–Trinajstić information content (AvgIpc) is 3.10. The molecule has 0 bridgehead atoms. The second kappa shape index (κ2) is 6.65. The van der Waals surface area contributed by atoms with Crippen molar-refractivity contribution in [3.63, 3.8) is 0 Å². The number of aliphatic hydroxyl groups excluding tert-OH is 1. The zero-order valence-corrected chi connectivity index (χ0v) is 14.0. The van der Waals surface area contributed by atoms with Crippen LogP contribution in [0.1, 0.15) is 25.0 Å². The van der Waals surface area contributed by atoms with E-state index < -0.39 is 11.8 Å². The Labute approximate surface area is 140 Å². The van der Waals surface area contributed by atoms with Crippen molar-refractivity contribution < 1.29 is 14.7 Å². The van der Waals surface area contributed by atoms with Crippen LogP contribution < -0.4 is 5.32 Å². The van der Waals surface area contributed by atoms with E-state index in [9.17, 15) is 14.7 Å². The zero-order valence-electron chi connectivity index (χ0n) is 14.0. The smallest absolute Gasteiger partial charge is 0.313 e. The number of aryl methyl sites for hydroxylation is 1. The van der Waals surface area contributed by atoms with Crippen molar-refractivity contribution in [2.24, 2.45) is 5.92 Å². The van der Waals surface area contributed by atoms with E-state index in [1.54, 1.807) is 13.1 Å². The number of amides is 2. The topological polar surface area (TPSA) is 85.4 Å². The molecule has 0 radical (unpaired) electrons. The number of nitrogens with one attached hydrogen (secondary N) is 2. The van der Waals surface area contributed by atoms with Crippen molar-refractivity contribution in [3.8, 4) is 0 Å². The summed E-state index contributed by atoms with van der Waals surface area (Å²) >= 11 is 0. The number of benzene rings is 1. The van der Waals surface area contributed by atoms with Crippen LogP contribution in [-0.2, 0) is 9.59 Å². The first-order chi connectivity index (χ1) is 11.4. The third-order valence-electron chi connectivity index (χ3n) is 4.68. The second-order valence-corrected chi connectivity index (χ2v) is 6.65. The van der Waals surface area contributed by atoms with Gasteiger partial charge in [-0.15, -0.1) is 0 Å². The number of fused-ring (bicyclic) bond motifs is 1. The summed E-state index contributed by atoms with van der Waals surface area (Å²) in [6.07, 6.45) is 2.26. The third kappa shape index (κ3) is 3.43. The van der Waals surface area contributed by atoms with Gasteiger partial charge in [0.25, 0.3) is 0 Å². The SMILES string of the molecule is Cc1cc2cc(NC(=O)C(=O)N(C)CC3CCCC3O)ccc2[nH]1. The van der Waals surface area contributed by atoms with Gasteiger partial charge in [-0.1, -0.05) is 6.42 Å². The van der Waals surface area contributed by atoms with Crippen LogP contribution in [-0.4, -0.2) is 46.5 Å². The number of hydrogen-bond acceptors (Lipinski definition) is 3. The van der Waals surface area contributed by atoms with Crippen molar-refractivity contribution in [3.05, 3.63) is 30.0 Å². The molecule has 2 unspecified atom stereocenters. The molecule has 3 rings (SSSR count). The van der Waals surface area contributed by atoms with Crippen LogP contribution in [0.15, 0.2) is 24.3 Å². The van der Waals surface area contributed by atoms with Gasteiger partial charge in [0.1, 0.15) is 0 Å². The quantitative estimate of drug-likeness (QED) is 0.753. The largest absolute Gasteiger partial charge is 0.393 e. The monoisotopic (exact) mass is 329 g/mol. The summed E-state index contributed by atoms with van der Waals surface area (Å²) in [5.41, 5.74) is 2.62. The first-order valence-electron chi connectivity index (χ1n) is 8.28. The molecular weight excluding hydrogens is 306 g/mol. The molecule has 1 aliphatic rings. The van der Waals surface area contributed by atoms with Crippen LogP contribution in [0.2, 0.25) is 0 Å². The second-order valence-electron chi connectivity index (χ2n) is 6.65. The fourth-order valence-electron chi connectivity index (χ4n) is 3.38. The number of carbonyl (C=O) groups is 2. The van der Waals surface area contributed by atoms with Gasteiger partial charge in [-0.2, -0.15) is 0 Å². The molecule has 2 atom stereocenters. The van der Waals surface area contributed by atoms with Crippen LogP contribution in [0.25, 0.3) is 10.9 Å². The predicted molar refractivity (Wildman–Crippen MR) is 92.7 cm³/mol. The van der Waals surface area contributed by atoms with E-state index in [2.05, 4.69) is 10.3 Å². The third-order valence-corrected chi connectivity index (χ3v) is 4.68. The highest BCUT2D eigenvalue weighted by atomic mass is 16.3. The number of aromatic nitrogens is 1. The Hall–Kier alpha value is -2.34. The van der Waals surface area contributed by atoms with E-state index in [4.69, 9.17) is 0 Å². The predicted octanol–water partition coefficient (Wildman–Crippen LogP) is 2.03. The highest BCUT2D eigenvalue weighted by molar-refractivity contribution is 6.39. The lowest BCUT2D eigenvalue weighted by molar-refractivity contribution is -0.142. The number of carbonyl (C=O) groups excluding carboxylic acids is 2. The molecule has 6 heteroatoms. The van der Waals surface area contributed by atoms with Crippen LogP contribution in [0, 0.1) is 12.8 Å². The minimum Gasteiger partial charge on any atom is -0.393 e. The number of rotatable bonds is 3. The molecule has 2 aromatic rings. The van der Waals surface area contributed by atoms with Gasteiger partial charge in [-0.25, -0.2) is 0 Å². The lowest BCUT2D eigenvalue weighted by atomic mass is 10.1. The van der Waals surface area contributed by atoms with Crippen LogP contribution in [0.3, 0.4) is 0 Å². The van der Waals surface area contributed by atoms with Crippen molar-refractivity contribution in [2.75, 3.05) is 18.9 Å². The summed E-state index contributed by atoms with van der Waals surface area (Å²) in [6.45, 7) is 2.37. The maximum Gasteiger partial charge on any atom is 0.313 e. The van der Waals surface area contributed by atoms with Gasteiger partial charge < -0.3 is 20.3 Å². The van der Waals surface area contributed by atoms with Crippen LogP contribution in [0.4, 0.5) is 5.69 Å². The molecule has 0 spiro atoms. The highest BCUT2D eigenvalue weighted by Crippen LogP contribution is 2.26. The fourth-order valence-corrected chi connectivity index (χ4v) is 3.38. The fraction of sp³-hybridized carbons (Fsp3) is 0.444. The number of hydrogen-bond donors (Lipinski definition) is 3. The van der Waals surface area contributed by atoms with Gasteiger partial charge in [-0.05, 0) is 44.0 Å². The Balaban J connectivity index is 1.62. The van der Waals surface area contributed by atoms with E-state index >= 15 is 0 Å². The minimum absolute atomic E-state index is 0.0610. The molecule has 1 saturated carbocycles. The van der Waals surface area contributed by atoms with Gasteiger partial charge in [0.15, 0.2) is 0 Å².